The summed E-state index contributed by atoms with van der Waals surface area (Å²) >= 11 is 0. The van der Waals surface area contributed by atoms with E-state index in [0.717, 1.165) is 0 Å². The minimum atomic E-state index is -1.04. The van der Waals surface area contributed by atoms with Gasteiger partial charge in [-0.1, -0.05) is 6.07 Å². The van der Waals surface area contributed by atoms with Gasteiger partial charge in [0.1, 0.15) is 0 Å². The summed E-state index contributed by atoms with van der Waals surface area (Å²) in [7, 11) is 0. The molecule has 1 unspecified atom stereocenters. The van der Waals surface area contributed by atoms with E-state index in [0.29, 0.717) is 18.8 Å². The van der Waals surface area contributed by atoms with Crippen molar-refractivity contribution in [3.8, 4) is 6.07 Å². The lowest BCUT2D eigenvalue weighted by molar-refractivity contribution is 0.0698. The molecule has 0 aliphatic rings. The van der Waals surface area contributed by atoms with E-state index in [4.69, 9.17) is 16.1 Å². The van der Waals surface area contributed by atoms with Crippen LogP contribution in [0.4, 0.5) is 11.4 Å². The minimum Gasteiger partial charge on any atom is -0.478 e. The van der Waals surface area contributed by atoms with E-state index in [-0.39, 0.29) is 17.2 Å². The first-order chi connectivity index (χ1) is 8.51. The van der Waals surface area contributed by atoms with Crippen LogP contribution in [0.2, 0.25) is 0 Å². The van der Waals surface area contributed by atoms with Gasteiger partial charge in [0.25, 0.3) is 0 Å². The molecule has 96 valence electrons. The molecule has 0 fully saturated rings. The van der Waals surface area contributed by atoms with Gasteiger partial charge in [-0.05, 0) is 26.0 Å². The van der Waals surface area contributed by atoms with Crippen LogP contribution in [0.5, 0.6) is 0 Å². The lowest BCUT2D eigenvalue weighted by atomic mass is 10.1. The summed E-state index contributed by atoms with van der Waals surface area (Å²) in [6, 6.07) is 7.07. The Labute approximate surface area is 106 Å². The first-order valence-electron chi connectivity index (χ1n) is 5.77. The SMILES string of the molecule is CCN(CC(C)C#N)c1cccc(C(=O)O)c1N. The van der Waals surface area contributed by atoms with Crippen molar-refractivity contribution in [3.63, 3.8) is 0 Å². The Bertz CT molecular complexity index is 480. The minimum absolute atomic E-state index is 0.0931. The van der Waals surface area contributed by atoms with Gasteiger partial charge in [-0.15, -0.1) is 0 Å². The maximum atomic E-state index is 11.0. The fourth-order valence-corrected chi connectivity index (χ4v) is 1.78. The zero-order valence-corrected chi connectivity index (χ0v) is 10.6. The maximum Gasteiger partial charge on any atom is 0.337 e. The third-order valence-corrected chi connectivity index (χ3v) is 2.75. The number of nitrogens with two attached hydrogens (primary N) is 1. The number of carbonyl (C=O) groups is 1. The molecule has 1 aromatic rings. The standard InChI is InChI=1S/C13H17N3O2/c1-3-16(8-9(2)7-14)11-6-4-5-10(12(11)15)13(17)18/h4-6,9H,3,8,15H2,1-2H3,(H,17,18). The number of anilines is 2. The molecular weight excluding hydrogens is 230 g/mol. The van der Waals surface area contributed by atoms with Crippen LogP contribution in [0, 0.1) is 17.2 Å². The normalized spacial score (nSPS) is 11.6. The number of carboxylic acids is 1. The highest BCUT2D eigenvalue weighted by Gasteiger charge is 2.16. The maximum absolute atomic E-state index is 11.0. The summed E-state index contributed by atoms with van der Waals surface area (Å²) in [6.07, 6.45) is 0. The van der Waals surface area contributed by atoms with Gasteiger partial charge in [-0.3, -0.25) is 0 Å². The van der Waals surface area contributed by atoms with Crippen molar-refractivity contribution in [2.24, 2.45) is 5.92 Å². The second kappa shape index (κ2) is 5.92. The van der Waals surface area contributed by atoms with E-state index in [1.807, 2.05) is 18.7 Å². The van der Waals surface area contributed by atoms with Gasteiger partial charge in [0.15, 0.2) is 0 Å². The Hall–Kier alpha value is -2.22. The van der Waals surface area contributed by atoms with E-state index in [2.05, 4.69) is 6.07 Å². The van der Waals surface area contributed by atoms with Crippen LogP contribution in [0.1, 0.15) is 24.2 Å². The smallest absolute Gasteiger partial charge is 0.337 e. The second-order valence-corrected chi connectivity index (χ2v) is 4.11. The summed E-state index contributed by atoms with van der Waals surface area (Å²) in [4.78, 5) is 12.9. The highest BCUT2D eigenvalue weighted by atomic mass is 16.4. The Kier molecular flexibility index (Phi) is 4.55. The quantitative estimate of drug-likeness (QED) is 0.776. The molecule has 0 heterocycles. The number of carboxylic acid groups (broad SMARTS) is 1. The number of para-hydroxylation sites is 1. The predicted octanol–water partition coefficient (Wildman–Crippen LogP) is 1.95. The highest BCUT2D eigenvalue weighted by Crippen LogP contribution is 2.27. The fourth-order valence-electron chi connectivity index (χ4n) is 1.78. The predicted molar refractivity (Wildman–Crippen MR) is 70.5 cm³/mol. The van der Waals surface area contributed by atoms with Crippen LogP contribution in [-0.2, 0) is 0 Å². The average Bonchev–Trinajstić information content (AvgIpc) is 2.35. The van der Waals surface area contributed by atoms with Gasteiger partial charge in [0.05, 0.1) is 28.9 Å². The number of rotatable bonds is 5. The summed E-state index contributed by atoms with van der Waals surface area (Å²) in [5.74, 6) is -1.18. The van der Waals surface area contributed by atoms with Crippen LogP contribution in [0.3, 0.4) is 0 Å². The van der Waals surface area contributed by atoms with E-state index in [9.17, 15) is 4.79 Å². The van der Waals surface area contributed by atoms with Crippen molar-refractivity contribution >= 4 is 17.3 Å². The molecule has 0 saturated heterocycles. The third kappa shape index (κ3) is 2.92. The molecule has 5 nitrogen and oxygen atoms in total. The molecule has 18 heavy (non-hydrogen) atoms. The number of hydrogen-bond acceptors (Lipinski definition) is 4. The average molecular weight is 247 g/mol. The van der Waals surface area contributed by atoms with E-state index >= 15 is 0 Å². The van der Waals surface area contributed by atoms with Crippen LogP contribution < -0.4 is 10.6 Å². The number of nitrogens with zero attached hydrogens (tertiary/aromatic N) is 2. The van der Waals surface area contributed by atoms with Gasteiger partial charge in [-0.2, -0.15) is 5.26 Å². The second-order valence-electron chi connectivity index (χ2n) is 4.11. The van der Waals surface area contributed by atoms with E-state index < -0.39 is 5.97 Å². The molecule has 1 atom stereocenters. The molecule has 0 spiro atoms. The van der Waals surface area contributed by atoms with Gasteiger partial charge in [-0.25, -0.2) is 4.79 Å². The molecule has 1 rings (SSSR count). The highest BCUT2D eigenvalue weighted by molar-refractivity contribution is 5.97. The van der Waals surface area contributed by atoms with Crippen LogP contribution in [-0.4, -0.2) is 24.2 Å². The molecule has 3 N–H and O–H groups in total. The molecule has 5 heteroatoms. The summed E-state index contributed by atoms with van der Waals surface area (Å²) in [5.41, 5.74) is 6.88. The first kappa shape index (κ1) is 13.8. The Morgan fingerprint density at radius 2 is 2.28 bits per heavy atom. The molecular formula is C13H17N3O2. The number of aromatic carboxylic acids is 1. The Morgan fingerprint density at radius 1 is 1.61 bits per heavy atom. The van der Waals surface area contributed by atoms with Crippen LogP contribution in [0.25, 0.3) is 0 Å². The van der Waals surface area contributed by atoms with E-state index in [1.54, 1.807) is 12.1 Å². The van der Waals surface area contributed by atoms with Crippen molar-refractivity contribution in [3.05, 3.63) is 23.8 Å². The number of nitriles is 1. The fraction of sp³-hybridized carbons (Fsp3) is 0.385. The van der Waals surface area contributed by atoms with Crippen LogP contribution >= 0.6 is 0 Å². The summed E-state index contributed by atoms with van der Waals surface area (Å²) in [5, 5.41) is 17.9. The topological polar surface area (TPSA) is 90.3 Å². The van der Waals surface area contributed by atoms with Crippen molar-refractivity contribution in [2.75, 3.05) is 23.7 Å². The number of benzene rings is 1. The first-order valence-corrected chi connectivity index (χ1v) is 5.77. The van der Waals surface area contributed by atoms with Gasteiger partial charge < -0.3 is 15.7 Å². The molecule has 0 saturated carbocycles. The van der Waals surface area contributed by atoms with Crippen molar-refractivity contribution in [2.45, 2.75) is 13.8 Å². The summed E-state index contributed by atoms with van der Waals surface area (Å²) in [6.45, 7) is 4.95. The Morgan fingerprint density at radius 3 is 2.78 bits per heavy atom. The molecule has 0 radical (unpaired) electrons. The van der Waals surface area contributed by atoms with Gasteiger partial charge in [0.2, 0.25) is 0 Å². The largest absolute Gasteiger partial charge is 0.478 e. The Balaban J connectivity index is 3.11. The van der Waals surface area contributed by atoms with Gasteiger partial charge in [0, 0.05) is 13.1 Å². The number of nitrogen functional groups attached to an aromatic ring is 1. The molecule has 0 aromatic heterocycles. The van der Waals surface area contributed by atoms with Crippen LogP contribution in [0.15, 0.2) is 18.2 Å². The van der Waals surface area contributed by atoms with E-state index in [1.165, 1.54) is 6.07 Å². The van der Waals surface area contributed by atoms with Gasteiger partial charge >= 0.3 is 5.97 Å². The lowest BCUT2D eigenvalue weighted by Gasteiger charge is -2.26. The molecule has 0 aliphatic heterocycles. The third-order valence-electron chi connectivity index (χ3n) is 2.75. The zero-order chi connectivity index (χ0) is 13.7. The molecule has 1 aromatic carbocycles. The van der Waals surface area contributed by atoms with Crippen molar-refractivity contribution < 1.29 is 9.90 Å². The number of hydrogen-bond donors (Lipinski definition) is 2. The monoisotopic (exact) mass is 247 g/mol. The molecule has 0 aliphatic carbocycles. The van der Waals surface area contributed by atoms with Crippen molar-refractivity contribution in [1.29, 1.82) is 5.26 Å². The van der Waals surface area contributed by atoms with Crippen molar-refractivity contribution in [1.82, 2.24) is 0 Å². The summed E-state index contributed by atoms with van der Waals surface area (Å²) < 4.78 is 0. The molecule has 0 bridgehead atoms. The zero-order valence-electron chi connectivity index (χ0n) is 10.6. The molecule has 0 amide bonds. The lowest BCUT2D eigenvalue weighted by Crippen LogP contribution is -2.28.